The van der Waals surface area contributed by atoms with E-state index in [2.05, 4.69) is 10.3 Å². The largest absolute Gasteiger partial charge is 0.385 e. The van der Waals surface area contributed by atoms with Crippen molar-refractivity contribution < 1.29 is 19.2 Å². The minimum Gasteiger partial charge on any atom is -0.322 e. The number of fused-ring (bicyclic) bond motifs is 1. The first-order valence-electron chi connectivity index (χ1n) is 8.17. The van der Waals surface area contributed by atoms with E-state index < -0.39 is 17.8 Å². The quantitative estimate of drug-likeness (QED) is 0.663. The molecule has 0 radical (unpaired) electrons. The van der Waals surface area contributed by atoms with Gasteiger partial charge < -0.3 is 4.84 Å². The second kappa shape index (κ2) is 6.17. The highest BCUT2D eigenvalue weighted by molar-refractivity contribution is 6.21. The first-order chi connectivity index (χ1) is 13.0. The van der Waals surface area contributed by atoms with Gasteiger partial charge in [-0.1, -0.05) is 34.5 Å². The molecule has 4 rings (SSSR count). The number of rotatable bonds is 3. The van der Waals surface area contributed by atoms with Gasteiger partial charge in [-0.2, -0.15) is 0 Å². The van der Waals surface area contributed by atoms with Gasteiger partial charge in [0, 0.05) is 0 Å². The lowest BCUT2D eigenvalue weighted by atomic mass is 10.1. The molecule has 0 atom stereocenters. The normalized spacial score (nSPS) is 13.0. The Hall–Kier alpha value is -3.81. The number of carbonyl (C=O) groups is 3. The first-order valence-corrected chi connectivity index (χ1v) is 8.17. The van der Waals surface area contributed by atoms with E-state index in [0.29, 0.717) is 10.8 Å². The van der Waals surface area contributed by atoms with Crippen LogP contribution in [0.1, 0.15) is 42.5 Å². The van der Waals surface area contributed by atoms with Crippen molar-refractivity contribution in [1.29, 1.82) is 0 Å². The summed E-state index contributed by atoms with van der Waals surface area (Å²) < 4.78 is 1.49. The molecule has 0 unspecified atom stereocenters. The summed E-state index contributed by atoms with van der Waals surface area (Å²) in [5, 5.41) is 8.29. The van der Waals surface area contributed by atoms with E-state index >= 15 is 0 Å². The molecule has 1 aromatic heterocycles. The molecule has 0 aliphatic carbocycles. The maximum Gasteiger partial charge on any atom is 0.385 e. The van der Waals surface area contributed by atoms with Crippen molar-refractivity contribution in [3.05, 3.63) is 76.6 Å². The molecule has 2 amide bonds. The van der Waals surface area contributed by atoms with Crippen LogP contribution in [-0.2, 0) is 4.84 Å². The lowest BCUT2D eigenvalue weighted by Gasteiger charge is -2.11. The SMILES string of the molecule is Cc1cccc(-n2nnc(C(=O)ON3C(=O)c4ccccc4C3=O)c2C)c1. The summed E-state index contributed by atoms with van der Waals surface area (Å²) in [6.45, 7) is 3.59. The minimum atomic E-state index is -0.930. The number of hydroxylamine groups is 2. The van der Waals surface area contributed by atoms with Gasteiger partial charge in [0.15, 0.2) is 5.69 Å². The Bertz CT molecular complexity index is 1070. The third-order valence-electron chi connectivity index (χ3n) is 4.27. The number of hydrogen-bond donors (Lipinski definition) is 0. The van der Waals surface area contributed by atoms with Crippen LogP contribution < -0.4 is 0 Å². The zero-order chi connectivity index (χ0) is 19.1. The van der Waals surface area contributed by atoms with E-state index in [1.165, 1.54) is 16.8 Å². The molecule has 0 saturated heterocycles. The second-order valence-corrected chi connectivity index (χ2v) is 6.10. The highest BCUT2D eigenvalue weighted by atomic mass is 16.7. The predicted octanol–water partition coefficient (Wildman–Crippen LogP) is 2.25. The van der Waals surface area contributed by atoms with Crippen LogP contribution in [0.25, 0.3) is 5.69 Å². The van der Waals surface area contributed by atoms with Crippen LogP contribution in [0.4, 0.5) is 0 Å². The maximum absolute atomic E-state index is 12.5. The number of benzene rings is 2. The molecule has 1 aliphatic rings. The van der Waals surface area contributed by atoms with Gasteiger partial charge in [-0.15, -0.1) is 5.10 Å². The van der Waals surface area contributed by atoms with Crippen LogP contribution in [0.2, 0.25) is 0 Å². The Morgan fingerprint density at radius 2 is 1.63 bits per heavy atom. The van der Waals surface area contributed by atoms with Gasteiger partial charge in [0.2, 0.25) is 0 Å². The van der Waals surface area contributed by atoms with Crippen LogP contribution >= 0.6 is 0 Å². The van der Waals surface area contributed by atoms with Gasteiger partial charge in [0.1, 0.15) is 0 Å². The van der Waals surface area contributed by atoms with E-state index in [1.807, 2.05) is 31.2 Å². The summed E-state index contributed by atoms with van der Waals surface area (Å²) in [7, 11) is 0. The number of aryl methyl sites for hydroxylation is 1. The zero-order valence-electron chi connectivity index (χ0n) is 14.5. The van der Waals surface area contributed by atoms with E-state index in [4.69, 9.17) is 4.84 Å². The number of imide groups is 1. The molecular weight excluding hydrogens is 348 g/mol. The van der Waals surface area contributed by atoms with E-state index in [0.717, 1.165) is 11.3 Å². The highest BCUT2D eigenvalue weighted by Gasteiger charge is 2.39. The molecule has 8 nitrogen and oxygen atoms in total. The van der Waals surface area contributed by atoms with Crippen molar-refractivity contribution in [3.8, 4) is 5.69 Å². The summed E-state index contributed by atoms with van der Waals surface area (Å²) in [5.74, 6) is -2.30. The van der Waals surface area contributed by atoms with Gasteiger partial charge in [0.05, 0.1) is 22.5 Å². The highest BCUT2D eigenvalue weighted by Crippen LogP contribution is 2.23. The number of carbonyl (C=O) groups excluding carboxylic acids is 3. The molecule has 0 fully saturated rings. The van der Waals surface area contributed by atoms with Crippen molar-refractivity contribution in [2.45, 2.75) is 13.8 Å². The Morgan fingerprint density at radius 1 is 0.963 bits per heavy atom. The van der Waals surface area contributed by atoms with Crippen LogP contribution in [0.3, 0.4) is 0 Å². The minimum absolute atomic E-state index is 0.0759. The zero-order valence-corrected chi connectivity index (χ0v) is 14.5. The molecule has 1 aliphatic heterocycles. The predicted molar refractivity (Wildman–Crippen MR) is 93.2 cm³/mol. The molecule has 2 heterocycles. The van der Waals surface area contributed by atoms with Crippen molar-refractivity contribution >= 4 is 17.8 Å². The van der Waals surface area contributed by atoms with Crippen molar-refractivity contribution in [2.24, 2.45) is 0 Å². The molecule has 0 saturated carbocycles. The molecule has 8 heteroatoms. The smallest absolute Gasteiger partial charge is 0.322 e. The molecule has 0 bridgehead atoms. The third kappa shape index (κ3) is 2.67. The first kappa shape index (κ1) is 16.6. The van der Waals surface area contributed by atoms with E-state index in [9.17, 15) is 14.4 Å². The lowest BCUT2D eigenvalue weighted by Crippen LogP contribution is -2.33. The maximum atomic E-state index is 12.5. The average Bonchev–Trinajstić information content (AvgIpc) is 3.16. The van der Waals surface area contributed by atoms with Crippen LogP contribution in [0, 0.1) is 13.8 Å². The number of hydrogen-bond acceptors (Lipinski definition) is 6. The molecule has 134 valence electrons. The Morgan fingerprint density at radius 3 is 2.26 bits per heavy atom. The Kier molecular flexibility index (Phi) is 3.80. The second-order valence-electron chi connectivity index (χ2n) is 6.10. The summed E-state index contributed by atoms with van der Waals surface area (Å²) >= 11 is 0. The van der Waals surface area contributed by atoms with Crippen LogP contribution in [0.5, 0.6) is 0 Å². The van der Waals surface area contributed by atoms with Crippen LogP contribution in [-0.4, -0.2) is 37.8 Å². The summed E-state index contributed by atoms with van der Waals surface area (Å²) in [6, 6.07) is 13.8. The third-order valence-corrected chi connectivity index (χ3v) is 4.27. The molecule has 0 spiro atoms. The van der Waals surface area contributed by atoms with Gasteiger partial charge >= 0.3 is 5.97 Å². The summed E-state index contributed by atoms with van der Waals surface area (Å²) in [4.78, 5) is 42.1. The van der Waals surface area contributed by atoms with Crippen molar-refractivity contribution in [2.75, 3.05) is 0 Å². The topological polar surface area (TPSA) is 94.4 Å². The fraction of sp³-hybridized carbons (Fsp3) is 0.105. The van der Waals surface area contributed by atoms with Gasteiger partial charge in [-0.3, -0.25) is 9.59 Å². The number of amides is 2. The van der Waals surface area contributed by atoms with Crippen molar-refractivity contribution in [1.82, 2.24) is 20.1 Å². The van der Waals surface area contributed by atoms with E-state index in [-0.39, 0.29) is 16.8 Å². The molecule has 2 aromatic carbocycles. The summed E-state index contributed by atoms with van der Waals surface area (Å²) in [5.41, 5.74) is 2.50. The molecule has 27 heavy (non-hydrogen) atoms. The van der Waals surface area contributed by atoms with Gasteiger partial charge in [0.25, 0.3) is 11.8 Å². The number of aromatic nitrogens is 3. The Labute approximate surface area is 153 Å². The fourth-order valence-electron chi connectivity index (χ4n) is 2.90. The standard InChI is InChI=1S/C19H14N4O4/c1-11-6-5-7-13(10-11)22-12(2)16(20-21-22)19(26)27-23-17(24)14-8-3-4-9-15(14)18(23)25/h3-10H,1-2H3. The van der Waals surface area contributed by atoms with Gasteiger partial charge in [-0.25, -0.2) is 9.48 Å². The lowest BCUT2D eigenvalue weighted by molar-refractivity contribution is -0.0589. The van der Waals surface area contributed by atoms with Crippen molar-refractivity contribution in [3.63, 3.8) is 0 Å². The number of nitrogens with zero attached hydrogens (tertiary/aromatic N) is 4. The molecule has 0 N–H and O–H groups in total. The van der Waals surface area contributed by atoms with Gasteiger partial charge in [-0.05, 0) is 43.7 Å². The molecule has 3 aromatic rings. The monoisotopic (exact) mass is 362 g/mol. The average molecular weight is 362 g/mol. The van der Waals surface area contributed by atoms with Crippen LogP contribution in [0.15, 0.2) is 48.5 Å². The summed E-state index contributed by atoms with van der Waals surface area (Å²) in [6.07, 6.45) is 0. The Balaban J connectivity index is 1.60. The molecular formula is C19H14N4O4. The fourth-order valence-corrected chi connectivity index (χ4v) is 2.90. The van der Waals surface area contributed by atoms with E-state index in [1.54, 1.807) is 19.1 Å².